The Balaban J connectivity index is 1.92. The summed E-state index contributed by atoms with van der Waals surface area (Å²) in [6.45, 7) is 3.85. The molecule has 0 N–H and O–H groups in total. The van der Waals surface area contributed by atoms with Gasteiger partial charge in [-0.3, -0.25) is 3.97 Å². The van der Waals surface area contributed by atoms with Crippen molar-refractivity contribution in [3.63, 3.8) is 0 Å². The second-order valence-electron chi connectivity index (χ2n) is 6.29. The Labute approximate surface area is 138 Å². The van der Waals surface area contributed by atoms with Gasteiger partial charge in [0.15, 0.2) is 0 Å². The Hall–Kier alpha value is -2.07. The molecule has 1 aliphatic carbocycles. The van der Waals surface area contributed by atoms with Crippen LogP contribution in [0.2, 0.25) is 0 Å². The third kappa shape index (κ3) is 2.91. The van der Waals surface area contributed by atoms with Crippen LogP contribution in [0.25, 0.3) is 0 Å². The molecule has 0 spiro atoms. The zero-order chi connectivity index (χ0) is 16.5. The maximum Gasteiger partial charge on any atom is 0.247 e. The van der Waals surface area contributed by atoms with Crippen LogP contribution in [0.1, 0.15) is 25.8 Å². The molecule has 1 aliphatic rings. The smallest absolute Gasteiger partial charge is 0.247 e. The topological polar surface area (TPSA) is 39.1 Å². The van der Waals surface area contributed by atoms with E-state index < -0.39 is 14.8 Å². The minimum Gasteiger partial charge on any atom is -0.252 e. The fraction of sp³-hybridized carbons (Fsp3) is 0.263. The van der Waals surface area contributed by atoms with Crippen LogP contribution in [0, 0.1) is 0 Å². The normalized spacial score (nSPS) is 21.7. The average molecular weight is 327 g/mol. The zero-order valence-corrected chi connectivity index (χ0v) is 14.3. The maximum absolute atomic E-state index is 13.0. The molecule has 4 heteroatoms. The molecule has 0 radical (unpaired) electrons. The van der Waals surface area contributed by atoms with Gasteiger partial charge in [-0.05, 0) is 44.4 Å². The number of nitrogens with zero attached hydrogens (tertiary/aromatic N) is 1. The molecule has 0 bridgehead atoms. The Morgan fingerprint density at radius 1 is 1.09 bits per heavy atom. The molecule has 0 aliphatic heterocycles. The Bertz CT molecular complexity index is 846. The minimum absolute atomic E-state index is 0.519. The highest BCUT2D eigenvalue weighted by molar-refractivity contribution is 7.91. The van der Waals surface area contributed by atoms with E-state index in [2.05, 4.69) is 19.1 Å². The summed E-state index contributed by atoms with van der Waals surface area (Å²) < 4.78 is 26.3. The molecular weight excluding hydrogens is 306 g/mol. The van der Waals surface area contributed by atoms with Crippen molar-refractivity contribution in [2.75, 3.05) is 0 Å². The summed E-state index contributed by atoms with van der Waals surface area (Å²) in [5.41, 5.74) is 3.55. The van der Waals surface area contributed by atoms with Crippen molar-refractivity contribution in [1.82, 2.24) is 3.97 Å². The van der Waals surface area contributed by atoms with Gasteiger partial charge in [-0.25, -0.2) is 8.42 Å². The first kappa shape index (κ1) is 15.8. The molecule has 1 unspecified atom stereocenters. The molecule has 1 aromatic carbocycles. The number of aromatic nitrogens is 1. The van der Waals surface area contributed by atoms with Gasteiger partial charge >= 0.3 is 0 Å². The molecule has 1 atom stereocenters. The SMILES string of the molecule is CC1=C(Cc2ccccc2)CC(C)(S(=O)(=O)n2cccc2)C=C1. The molecule has 120 valence electrons. The van der Waals surface area contributed by atoms with Crippen LogP contribution >= 0.6 is 0 Å². The second-order valence-corrected chi connectivity index (χ2v) is 8.59. The van der Waals surface area contributed by atoms with Crippen molar-refractivity contribution in [2.24, 2.45) is 0 Å². The van der Waals surface area contributed by atoms with Crippen LogP contribution in [-0.4, -0.2) is 17.1 Å². The summed E-state index contributed by atoms with van der Waals surface area (Å²) in [6.07, 6.45) is 8.26. The predicted octanol–water partition coefficient (Wildman–Crippen LogP) is 3.94. The zero-order valence-electron chi connectivity index (χ0n) is 13.4. The highest BCUT2D eigenvalue weighted by Gasteiger charge is 2.40. The standard InChI is InChI=1S/C19H21NO2S/c1-16-10-11-19(2,23(21,22)20-12-6-7-13-20)15-18(16)14-17-8-4-3-5-9-17/h3-13H,14-15H2,1-2H3. The van der Waals surface area contributed by atoms with Gasteiger partial charge in [0, 0.05) is 12.4 Å². The Morgan fingerprint density at radius 2 is 1.74 bits per heavy atom. The molecule has 0 saturated heterocycles. The Morgan fingerprint density at radius 3 is 2.39 bits per heavy atom. The van der Waals surface area contributed by atoms with E-state index in [1.54, 1.807) is 31.5 Å². The largest absolute Gasteiger partial charge is 0.252 e. The predicted molar refractivity (Wildman–Crippen MR) is 93.8 cm³/mol. The highest BCUT2D eigenvalue weighted by Crippen LogP contribution is 2.35. The monoisotopic (exact) mass is 327 g/mol. The van der Waals surface area contributed by atoms with Crippen molar-refractivity contribution in [2.45, 2.75) is 31.4 Å². The van der Waals surface area contributed by atoms with E-state index in [0.29, 0.717) is 6.42 Å². The minimum atomic E-state index is -3.47. The van der Waals surface area contributed by atoms with Gasteiger partial charge in [0.1, 0.15) is 4.75 Å². The van der Waals surface area contributed by atoms with Gasteiger partial charge < -0.3 is 0 Å². The summed E-state index contributed by atoms with van der Waals surface area (Å²) in [4.78, 5) is 0. The average Bonchev–Trinajstić information content (AvgIpc) is 3.07. The van der Waals surface area contributed by atoms with Crippen LogP contribution in [0.4, 0.5) is 0 Å². The fourth-order valence-corrected chi connectivity index (χ4v) is 4.52. The number of hydrogen-bond donors (Lipinski definition) is 0. The van der Waals surface area contributed by atoms with E-state index in [0.717, 1.165) is 12.0 Å². The third-order valence-corrected chi connectivity index (χ3v) is 6.77. The van der Waals surface area contributed by atoms with Gasteiger partial charge in [-0.15, -0.1) is 0 Å². The van der Waals surface area contributed by atoms with Gasteiger partial charge in [0.25, 0.3) is 0 Å². The molecule has 23 heavy (non-hydrogen) atoms. The van der Waals surface area contributed by atoms with E-state index in [-0.39, 0.29) is 0 Å². The van der Waals surface area contributed by atoms with Crippen molar-refractivity contribution < 1.29 is 8.42 Å². The lowest BCUT2D eigenvalue weighted by Crippen LogP contribution is -2.39. The maximum atomic E-state index is 13.0. The Kier molecular flexibility index (Phi) is 4.02. The van der Waals surface area contributed by atoms with E-state index >= 15 is 0 Å². The van der Waals surface area contributed by atoms with Gasteiger partial charge in [-0.2, -0.15) is 0 Å². The summed E-state index contributed by atoms with van der Waals surface area (Å²) >= 11 is 0. The van der Waals surface area contributed by atoms with Crippen molar-refractivity contribution in [3.8, 4) is 0 Å². The van der Waals surface area contributed by atoms with Gasteiger partial charge in [0.05, 0.1) is 0 Å². The number of benzene rings is 1. The van der Waals surface area contributed by atoms with Crippen LogP contribution in [0.15, 0.2) is 78.2 Å². The fourth-order valence-electron chi connectivity index (χ4n) is 2.98. The number of allylic oxidation sites excluding steroid dienone is 3. The lowest BCUT2D eigenvalue weighted by atomic mass is 9.87. The van der Waals surface area contributed by atoms with Gasteiger partial charge in [-0.1, -0.05) is 53.6 Å². The summed E-state index contributed by atoms with van der Waals surface area (Å²) in [7, 11) is -3.47. The van der Waals surface area contributed by atoms with Crippen LogP contribution in [-0.2, 0) is 16.4 Å². The highest BCUT2D eigenvalue weighted by atomic mass is 32.2. The number of hydrogen-bond acceptors (Lipinski definition) is 2. The summed E-state index contributed by atoms with van der Waals surface area (Å²) in [5.74, 6) is 0. The van der Waals surface area contributed by atoms with Crippen molar-refractivity contribution >= 4 is 10.0 Å². The van der Waals surface area contributed by atoms with E-state index in [1.165, 1.54) is 15.1 Å². The lowest BCUT2D eigenvalue weighted by molar-refractivity contribution is 0.547. The van der Waals surface area contributed by atoms with Crippen molar-refractivity contribution in [3.05, 3.63) is 83.7 Å². The van der Waals surface area contributed by atoms with E-state index in [4.69, 9.17) is 0 Å². The summed E-state index contributed by atoms with van der Waals surface area (Å²) in [5, 5.41) is 0. The molecule has 3 nitrogen and oxygen atoms in total. The van der Waals surface area contributed by atoms with E-state index in [1.807, 2.05) is 30.4 Å². The van der Waals surface area contributed by atoms with Crippen LogP contribution < -0.4 is 0 Å². The van der Waals surface area contributed by atoms with Crippen LogP contribution in [0.5, 0.6) is 0 Å². The quantitative estimate of drug-likeness (QED) is 0.853. The first-order chi connectivity index (χ1) is 10.9. The molecule has 0 amide bonds. The molecule has 2 aromatic rings. The number of rotatable bonds is 4. The molecule has 1 heterocycles. The lowest BCUT2D eigenvalue weighted by Gasteiger charge is -2.31. The second kappa shape index (κ2) is 5.85. The molecule has 0 fully saturated rings. The third-order valence-electron chi connectivity index (χ3n) is 4.51. The molecule has 3 rings (SSSR count). The van der Waals surface area contributed by atoms with E-state index in [9.17, 15) is 8.42 Å². The first-order valence-corrected chi connectivity index (χ1v) is 9.16. The van der Waals surface area contributed by atoms with Crippen molar-refractivity contribution in [1.29, 1.82) is 0 Å². The van der Waals surface area contributed by atoms with Gasteiger partial charge in [0.2, 0.25) is 10.0 Å². The van der Waals surface area contributed by atoms with Crippen LogP contribution in [0.3, 0.4) is 0 Å². The molecular formula is C19H21NO2S. The molecule has 0 saturated carbocycles. The molecule has 1 aromatic heterocycles. The first-order valence-electron chi connectivity index (χ1n) is 7.72. The summed E-state index contributed by atoms with van der Waals surface area (Å²) in [6, 6.07) is 13.6.